The fraction of sp³-hybridized carbons (Fsp3) is 0. The molecule has 3 heterocycles. The number of benzene rings is 2. The van der Waals surface area contributed by atoms with Gasteiger partial charge in [-0.3, -0.25) is 35.1 Å². The summed E-state index contributed by atoms with van der Waals surface area (Å²) in [7, 11) is 0. The molecule has 2 aromatic carbocycles. The summed E-state index contributed by atoms with van der Waals surface area (Å²) in [5, 5.41) is 23.0. The Balaban J connectivity index is 1.69. The van der Waals surface area contributed by atoms with Crippen molar-refractivity contribution in [3.8, 4) is 0 Å². The summed E-state index contributed by atoms with van der Waals surface area (Å²) in [4.78, 5) is 45.9. The second kappa shape index (κ2) is 10.7. The molecule has 0 aliphatic carbocycles. The average molecular weight is 600 g/mol. The molecular weight excluding hydrogens is 589 g/mol. The third kappa shape index (κ3) is 5.42. The number of fused-ring (bicyclic) bond motifs is 1. The minimum atomic E-state index is -0.528. The first-order chi connectivity index (χ1) is 18.7. The number of hydrogen-bond donors (Lipinski definition) is 0. The van der Waals surface area contributed by atoms with Gasteiger partial charge in [-0.25, -0.2) is 19.9 Å². The van der Waals surface area contributed by atoms with Gasteiger partial charge in [0.05, 0.1) is 50.5 Å². The van der Waals surface area contributed by atoms with Gasteiger partial charge in [0.2, 0.25) is 0 Å². The molecule has 3 aromatic heterocycles. The minimum absolute atomic E-state index is 0.0329. The highest BCUT2D eigenvalue weighted by molar-refractivity contribution is 7.81. The maximum atomic E-state index is 11.3. The lowest BCUT2D eigenvalue weighted by Gasteiger charge is -2.30. The molecule has 5 aromatic rings. The molecule has 0 saturated heterocycles. The number of hydrogen-bond acceptors (Lipinski definition) is 11. The Morgan fingerprint density at radius 1 is 0.795 bits per heavy atom. The topological polar surface area (TPSA) is 157 Å². The first-order valence-corrected chi connectivity index (χ1v) is 12.6. The monoisotopic (exact) mass is 599 g/mol. The number of thiocarbonyl (C=S) groups is 1. The van der Waals surface area contributed by atoms with E-state index >= 15 is 0 Å². The number of rotatable bonds is 6. The van der Waals surface area contributed by atoms with Crippen molar-refractivity contribution in [2.45, 2.75) is 0 Å². The molecule has 0 aliphatic rings. The molecule has 0 N–H and O–H groups in total. The van der Waals surface area contributed by atoms with Crippen molar-refractivity contribution in [2.75, 3.05) is 9.80 Å². The van der Waals surface area contributed by atoms with Gasteiger partial charge in [0.25, 0.3) is 11.4 Å². The fourth-order valence-corrected chi connectivity index (χ4v) is 5.17. The molecule has 0 spiro atoms. The fourth-order valence-electron chi connectivity index (χ4n) is 3.43. The molecule has 17 heteroatoms. The Bertz CT molecular complexity index is 1750. The molecular formula is C22H11Cl2N9O4S2. The minimum Gasteiger partial charge on any atom is -0.269 e. The van der Waals surface area contributed by atoms with Crippen molar-refractivity contribution in [3.63, 3.8) is 0 Å². The Morgan fingerprint density at radius 3 is 1.92 bits per heavy atom. The average Bonchev–Trinajstić information content (AvgIpc) is 3.32. The number of nitrogens with zero attached hydrogens (tertiary/aromatic N) is 9. The molecule has 0 saturated carbocycles. The molecule has 5 rings (SSSR count). The van der Waals surface area contributed by atoms with Crippen LogP contribution in [0.2, 0.25) is 10.3 Å². The van der Waals surface area contributed by atoms with E-state index in [4.69, 9.17) is 35.4 Å². The van der Waals surface area contributed by atoms with Crippen LogP contribution in [-0.4, -0.2) is 39.9 Å². The standard InChI is InChI=1S/C22H11Cl2N9O4S2/c23-17-8-25-10-19(28-17)30(12-1-3-13(4-2-12)32(34)35)22(38)31(20-11-26-9-18(24)29-20)21-27-15-6-5-14(33(36)37)7-16(15)39-21/h1-11H. The zero-order valence-corrected chi connectivity index (χ0v) is 22.2. The van der Waals surface area contributed by atoms with E-state index in [-0.39, 0.29) is 43.6 Å². The van der Waals surface area contributed by atoms with Crippen molar-refractivity contribution < 1.29 is 9.85 Å². The van der Waals surface area contributed by atoms with Gasteiger partial charge in [-0.1, -0.05) is 34.5 Å². The number of thiazole rings is 1. The van der Waals surface area contributed by atoms with E-state index in [1.54, 1.807) is 0 Å². The summed E-state index contributed by atoms with van der Waals surface area (Å²) in [6.45, 7) is 0. The van der Waals surface area contributed by atoms with Gasteiger partial charge in [-0.05, 0) is 30.4 Å². The molecule has 0 fully saturated rings. The van der Waals surface area contributed by atoms with E-state index in [0.29, 0.717) is 15.9 Å². The number of anilines is 4. The summed E-state index contributed by atoms with van der Waals surface area (Å²) in [6, 6.07) is 9.85. The number of nitro groups is 2. The van der Waals surface area contributed by atoms with Crippen LogP contribution in [0.5, 0.6) is 0 Å². The first kappa shape index (κ1) is 26.2. The lowest BCUT2D eigenvalue weighted by molar-refractivity contribution is -0.385. The highest BCUT2D eigenvalue weighted by Gasteiger charge is 2.29. The molecule has 0 radical (unpaired) electrons. The summed E-state index contributed by atoms with van der Waals surface area (Å²) < 4.78 is 0.520. The van der Waals surface area contributed by atoms with E-state index < -0.39 is 9.85 Å². The van der Waals surface area contributed by atoms with Crippen LogP contribution < -0.4 is 9.80 Å². The molecule has 0 amide bonds. The maximum absolute atomic E-state index is 11.3. The molecule has 13 nitrogen and oxygen atoms in total. The largest absolute Gasteiger partial charge is 0.270 e. The second-order valence-electron chi connectivity index (χ2n) is 7.53. The SMILES string of the molecule is O=[N+]([O-])c1ccc(N(C(=S)N(c2cncc(Cl)n2)c2nc3ccc([N+](=O)[O-])cc3s2)c2cncc(Cl)n2)cc1. The predicted octanol–water partition coefficient (Wildman–Crippen LogP) is 6.26. The van der Waals surface area contributed by atoms with Crippen molar-refractivity contribution in [3.05, 3.63) is 97.8 Å². The summed E-state index contributed by atoms with van der Waals surface area (Å²) in [6.07, 6.45) is 5.49. The lowest BCUT2D eigenvalue weighted by Crippen LogP contribution is -2.39. The second-order valence-corrected chi connectivity index (χ2v) is 9.68. The number of nitro benzene ring substituents is 2. The van der Waals surface area contributed by atoms with E-state index in [1.165, 1.54) is 77.1 Å². The van der Waals surface area contributed by atoms with Crippen molar-refractivity contribution in [1.82, 2.24) is 24.9 Å². The van der Waals surface area contributed by atoms with Gasteiger partial charge in [0.15, 0.2) is 21.9 Å². The quantitative estimate of drug-likeness (QED) is 0.123. The van der Waals surface area contributed by atoms with Crippen LogP contribution in [0.1, 0.15) is 0 Å². The van der Waals surface area contributed by atoms with Crippen LogP contribution >= 0.6 is 46.8 Å². The maximum Gasteiger partial charge on any atom is 0.270 e. The van der Waals surface area contributed by atoms with Gasteiger partial charge >= 0.3 is 0 Å². The van der Waals surface area contributed by atoms with E-state index in [1.807, 2.05) is 0 Å². The van der Waals surface area contributed by atoms with Crippen LogP contribution in [0.3, 0.4) is 0 Å². The van der Waals surface area contributed by atoms with E-state index in [0.717, 1.165) is 11.3 Å². The van der Waals surface area contributed by atoms with Crippen LogP contribution in [-0.2, 0) is 0 Å². The van der Waals surface area contributed by atoms with Crippen LogP contribution in [0.15, 0.2) is 67.3 Å². The van der Waals surface area contributed by atoms with Gasteiger partial charge < -0.3 is 0 Å². The Kier molecular flexibility index (Phi) is 7.21. The smallest absolute Gasteiger partial charge is 0.269 e. The molecule has 194 valence electrons. The number of halogens is 2. The number of aromatic nitrogens is 5. The summed E-state index contributed by atoms with van der Waals surface area (Å²) in [5.41, 5.74) is 0.634. The van der Waals surface area contributed by atoms with E-state index in [9.17, 15) is 20.2 Å². The summed E-state index contributed by atoms with van der Waals surface area (Å²) >= 11 is 19.3. The lowest BCUT2D eigenvalue weighted by atomic mass is 10.2. The number of non-ortho nitro benzene ring substituents is 2. The van der Waals surface area contributed by atoms with Crippen LogP contribution in [0.25, 0.3) is 10.2 Å². The van der Waals surface area contributed by atoms with Gasteiger partial charge in [-0.15, -0.1) is 0 Å². The third-order valence-corrected chi connectivity index (χ3v) is 6.84. The highest BCUT2D eigenvalue weighted by Crippen LogP contribution is 2.37. The third-order valence-electron chi connectivity index (χ3n) is 5.11. The van der Waals surface area contributed by atoms with Gasteiger partial charge in [0, 0.05) is 24.3 Å². The highest BCUT2D eigenvalue weighted by atomic mass is 35.5. The van der Waals surface area contributed by atoms with Crippen molar-refractivity contribution in [1.29, 1.82) is 0 Å². The molecule has 0 bridgehead atoms. The molecule has 0 aliphatic heterocycles. The van der Waals surface area contributed by atoms with Gasteiger partial charge in [-0.2, -0.15) is 0 Å². The normalized spacial score (nSPS) is 10.8. The molecule has 0 atom stereocenters. The van der Waals surface area contributed by atoms with Gasteiger partial charge in [0.1, 0.15) is 10.3 Å². The van der Waals surface area contributed by atoms with Crippen LogP contribution in [0, 0.1) is 20.2 Å². The summed E-state index contributed by atoms with van der Waals surface area (Å²) in [5.74, 6) is 0.376. The van der Waals surface area contributed by atoms with Crippen molar-refractivity contribution in [2.24, 2.45) is 0 Å². The zero-order chi connectivity index (χ0) is 27.7. The predicted molar refractivity (Wildman–Crippen MR) is 150 cm³/mol. The van der Waals surface area contributed by atoms with Crippen molar-refractivity contribution >= 4 is 95.9 Å². The Hall–Kier alpha value is -4.44. The van der Waals surface area contributed by atoms with E-state index in [2.05, 4.69) is 24.9 Å². The zero-order valence-electron chi connectivity index (χ0n) is 19.1. The van der Waals surface area contributed by atoms with Crippen LogP contribution in [0.4, 0.5) is 33.8 Å². The molecule has 39 heavy (non-hydrogen) atoms. The Labute approximate surface area is 237 Å². The first-order valence-electron chi connectivity index (χ1n) is 10.6. The molecule has 0 unspecified atom stereocenters. The Morgan fingerprint density at radius 2 is 1.36 bits per heavy atom.